The molecular weight excluding hydrogens is 562 g/mol. The number of benzene rings is 2. The van der Waals surface area contributed by atoms with Crippen LogP contribution in [0.15, 0.2) is 54.6 Å². The van der Waals surface area contributed by atoms with Gasteiger partial charge in [0.05, 0.1) is 6.04 Å². The summed E-state index contributed by atoms with van der Waals surface area (Å²) in [5, 5.41) is 37.5. The summed E-state index contributed by atoms with van der Waals surface area (Å²) in [4.78, 5) is 73.7. The van der Waals surface area contributed by atoms with Gasteiger partial charge in [-0.05, 0) is 49.9 Å². The fourth-order valence-electron chi connectivity index (χ4n) is 3.92. The maximum atomic E-state index is 13.0. The SMILES string of the molecule is CC(NC(=O)C(N)Cc1ccccc1)C(=O)NC(C)C(=O)NC(Cc1ccc(O)cc1)C(=O)NC(CCC(=O)O)C(=O)O. The smallest absolute Gasteiger partial charge is 0.326 e. The second-order valence-corrected chi connectivity index (χ2v) is 10.0. The van der Waals surface area contributed by atoms with Crippen molar-refractivity contribution in [2.75, 3.05) is 0 Å². The maximum absolute atomic E-state index is 13.0. The molecular formula is C29H37N5O9. The van der Waals surface area contributed by atoms with Gasteiger partial charge in [-0.3, -0.25) is 24.0 Å². The molecule has 14 nitrogen and oxygen atoms in total. The van der Waals surface area contributed by atoms with Gasteiger partial charge >= 0.3 is 11.9 Å². The zero-order chi connectivity index (χ0) is 32.1. The molecule has 232 valence electrons. The Labute approximate surface area is 248 Å². The molecule has 0 aromatic heterocycles. The van der Waals surface area contributed by atoms with Crippen molar-refractivity contribution in [3.63, 3.8) is 0 Å². The monoisotopic (exact) mass is 599 g/mol. The first kappa shape index (κ1) is 34.2. The number of carbonyl (C=O) groups is 6. The second kappa shape index (κ2) is 16.5. The Hall–Kier alpha value is -4.98. The summed E-state index contributed by atoms with van der Waals surface area (Å²) >= 11 is 0. The van der Waals surface area contributed by atoms with E-state index >= 15 is 0 Å². The topological polar surface area (TPSA) is 237 Å². The predicted octanol–water partition coefficient (Wildman–Crippen LogP) is -0.567. The molecule has 0 aliphatic carbocycles. The third-order valence-corrected chi connectivity index (χ3v) is 6.41. The lowest BCUT2D eigenvalue weighted by Gasteiger charge is -2.24. The van der Waals surface area contributed by atoms with E-state index in [1.807, 2.05) is 30.3 Å². The van der Waals surface area contributed by atoms with Crippen LogP contribution in [-0.4, -0.2) is 81.1 Å². The van der Waals surface area contributed by atoms with Crippen molar-refractivity contribution in [2.24, 2.45) is 5.73 Å². The number of amides is 4. The molecule has 4 amide bonds. The average molecular weight is 600 g/mol. The largest absolute Gasteiger partial charge is 0.508 e. The van der Waals surface area contributed by atoms with E-state index in [1.165, 1.54) is 38.1 Å². The van der Waals surface area contributed by atoms with Crippen molar-refractivity contribution in [1.82, 2.24) is 21.3 Å². The number of phenolic OH excluding ortho intramolecular Hbond substituents is 1. The van der Waals surface area contributed by atoms with Crippen LogP contribution in [0.3, 0.4) is 0 Å². The Morgan fingerprint density at radius 3 is 1.74 bits per heavy atom. The number of aliphatic carboxylic acids is 2. The number of hydrogen-bond donors (Lipinski definition) is 8. The van der Waals surface area contributed by atoms with Gasteiger partial charge in [-0.25, -0.2) is 4.79 Å². The minimum atomic E-state index is -1.53. The molecule has 0 spiro atoms. The molecule has 0 bridgehead atoms. The van der Waals surface area contributed by atoms with Crippen molar-refractivity contribution < 1.29 is 44.1 Å². The van der Waals surface area contributed by atoms with Crippen molar-refractivity contribution in [3.8, 4) is 5.75 Å². The van der Waals surface area contributed by atoms with Crippen molar-refractivity contribution >= 4 is 35.6 Å². The Bertz CT molecular complexity index is 1290. The van der Waals surface area contributed by atoms with Gasteiger partial charge in [-0.1, -0.05) is 42.5 Å². The number of nitrogens with two attached hydrogens (primary N) is 1. The number of phenols is 1. The number of hydrogen-bond acceptors (Lipinski definition) is 8. The third-order valence-electron chi connectivity index (χ3n) is 6.41. The maximum Gasteiger partial charge on any atom is 0.326 e. The predicted molar refractivity (Wildman–Crippen MR) is 154 cm³/mol. The Morgan fingerprint density at radius 1 is 0.674 bits per heavy atom. The van der Waals surface area contributed by atoms with Gasteiger partial charge in [0.1, 0.15) is 29.9 Å². The van der Waals surface area contributed by atoms with E-state index in [-0.39, 0.29) is 25.0 Å². The number of carboxylic acid groups (broad SMARTS) is 2. The van der Waals surface area contributed by atoms with Gasteiger partial charge in [0, 0.05) is 12.8 Å². The summed E-state index contributed by atoms with van der Waals surface area (Å²) in [6.45, 7) is 2.77. The summed E-state index contributed by atoms with van der Waals surface area (Å²) in [5.74, 6) is -5.68. The molecule has 0 fully saturated rings. The van der Waals surface area contributed by atoms with Crippen LogP contribution in [0.4, 0.5) is 0 Å². The molecule has 2 aromatic carbocycles. The highest BCUT2D eigenvalue weighted by atomic mass is 16.4. The van der Waals surface area contributed by atoms with Crippen molar-refractivity contribution in [1.29, 1.82) is 0 Å². The van der Waals surface area contributed by atoms with Crippen LogP contribution in [0, 0.1) is 0 Å². The quantitative estimate of drug-likeness (QED) is 0.122. The Balaban J connectivity index is 2.04. The molecule has 2 rings (SSSR count). The van der Waals surface area contributed by atoms with Crippen LogP contribution in [-0.2, 0) is 41.6 Å². The summed E-state index contributed by atoms with van der Waals surface area (Å²) < 4.78 is 0. The van der Waals surface area contributed by atoms with E-state index in [2.05, 4.69) is 21.3 Å². The minimum absolute atomic E-state index is 0.0352. The van der Waals surface area contributed by atoms with E-state index in [4.69, 9.17) is 10.8 Å². The van der Waals surface area contributed by atoms with Crippen LogP contribution in [0.25, 0.3) is 0 Å². The summed E-state index contributed by atoms with van der Waals surface area (Å²) in [5.41, 5.74) is 7.32. The van der Waals surface area contributed by atoms with Gasteiger partial charge in [0.2, 0.25) is 23.6 Å². The molecule has 0 aliphatic heterocycles. The van der Waals surface area contributed by atoms with Gasteiger partial charge < -0.3 is 42.3 Å². The molecule has 0 radical (unpaired) electrons. The fraction of sp³-hybridized carbons (Fsp3) is 0.379. The van der Waals surface area contributed by atoms with Crippen molar-refractivity contribution in [3.05, 3.63) is 65.7 Å². The minimum Gasteiger partial charge on any atom is -0.508 e. The van der Waals surface area contributed by atoms with Crippen LogP contribution in [0.1, 0.15) is 37.8 Å². The van der Waals surface area contributed by atoms with Crippen LogP contribution >= 0.6 is 0 Å². The lowest BCUT2D eigenvalue weighted by atomic mass is 10.0. The van der Waals surface area contributed by atoms with Crippen LogP contribution < -0.4 is 27.0 Å². The first-order valence-electron chi connectivity index (χ1n) is 13.5. The lowest BCUT2D eigenvalue weighted by molar-refractivity contribution is -0.143. The average Bonchev–Trinajstić information content (AvgIpc) is 2.95. The second-order valence-electron chi connectivity index (χ2n) is 10.0. The molecule has 43 heavy (non-hydrogen) atoms. The Kier molecular flexibility index (Phi) is 13.1. The van der Waals surface area contributed by atoms with Gasteiger partial charge in [0.25, 0.3) is 0 Å². The number of carbonyl (C=O) groups excluding carboxylic acids is 4. The van der Waals surface area contributed by atoms with E-state index in [0.29, 0.717) is 5.56 Å². The normalized spacial score (nSPS) is 14.2. The summed E-state index contributed by atoms with van der Waals surface area (Å²) in [6.07, 6.45) is -0.762. The molecule has 5 atom stereocenters. The third kappa shape index (κ3) is 11.8. The first-order chi connectivity index (χ1) is 20.3. The Morgan fingerprint density at radius 2 is 1.19 bits per heavy atom. The molecule has 14 heteroatoms. The highest BCUT2D eigenvalue weighted by Gasteiger charge is 2.30. The highest BCUT2D eigenvalue weighted by Crippen LogP contribution is 2.12. The number of aromatic hydroxyl groups is 1. The molecule has 5 unspecified atom stereocenters. The van der Waals surface area contributed by atoms with Gasteiger partial charge in [-0.2, -0.15) is 0 Å². The number of rotatable bonds is 16. The summed E-state index contributed by atoms with van der Waals surface area (Å²) in [6, 6.07) is 8.81. The van der Waals surface area contributed by atoms with Crippen LogP contribution in [0.5, 0.6) is 5.75 Å². The lowest BCUT2D eigenvalue weighted by Crippen LogP contribution is -2.57. The summed E-state index contributed by atoms with van der Waals surface area (Å²) in [7, 11) is 0. The fourth-order valence-corrected chi connectivity index (χ4v) is 3.92. The van der Waals surface area contributed by atoms with Crippen molar-refractivity contribution in [2.45, 2.75) is 69.7 Å². The standard InChI is InChI=1S/C29H37N5O9/c1-16(32-27(40)21(30)14-18-6-4-3-5-7-18)25(38)31-17(2)26(39)34-23(15-19-8-10-20(35)11-9-19)28(41)33-22(29(42)43)12-13-24(36)37/h3-11,16-17,21-23,35H,12-15,30H2,1-2H3,(H,31,38)(H,32,40)(H,33,41)(H,34,39)(H,36,37)(H,42,43). The van der Waals surface area contributed by atoms with E-state index in [9.17, 15) is 39.0 Å². The molecule has 9 N–H and O–H groups in total. The first-order valence-corrected chi connectivity index (χ1v) is 13.5. The van der Waals surface area contributed by atoms with Gasteiger partial charge in [-0.15, -0.1) is 0 Å². The molecule has 0 heterocycles. The molecule has 0 saturated heterocycles. The zero-order valence-electron chi connectivity index (χ0n) is 23.8. The van der Waals surface area contributed by atoms with E-state index in [0.717, 1.165) is 5.56 Å². The number of carboxylic acids is 2. The van der Waals surface area contributed by atoms with Gasteiger partial charge in [0.15, 0.2) is 0 Å². The molecule has 0 saturated carbocycles. The van der Waals surface area contributed by atoms with E-state index < -0.39 is 72.2 Å². The van der Waals surface area contributed by atoms with Crippen LogP contribution in [0.2, 0.25) is 0 Å². The highest BCUT2D eigenvalue weighted by molar-refractivity contribution is 5.95. The molecule has 2 aromatic rings. The zero-order valence-corrected chi connectivity index (χ0v) is 23.8. The van der Waals surface area contributed by atoms with E-state index in [1.54, 1.807) is 0 Å². The number of nitrogens with one attached hydrogen (secondary N) is 4. The molecule has 0 aliphatic rings.